The van der Waals surface area contributed by atoms with Crippen LogP contribution in [0.3, 0.4) is 0 Å². The number of hydrogen-bond donors (Lipinski definition) is 0. The molecule has 2 amide bonds. The molecule has 5 nitrogen and oxygen atoms in total. The Bertz CT molecular complexity index is 1220. The van der Waals surface area contributed by atoms with Crippen molar-refractivity contribution in [3.05, 3.63) is 95.1 Å². The fourth-order valence-corrected chi connectivity index (χ4v) is 4.66. The highest BCUT2D eigenvalue weighted by Gasteiger charge is 2.27. The first kappa shape index (κ1) is 22.1. The van der Waals surface area contributed by atoms with Crippen LogP contribution in [0.4, 0.5) is 20.2 Å². The summed E-state index contributed by atoms with van der Waals surface area (Å²) in [5.41, 5.74) is 4.41. The minimum Gasteiger partial charge on any atom is -0.368 e. The molecule has 174 valence electrons. The van der Waals surface area contributed by atoms with Crippen LogP contribution in [-0.4, -0.2) is 42.9 Å². The van der Waals surface area contributed by atoms with Gasteiger partial charge >= 0.3 is 0 Å². The second kappa shape index (κ2) is 9.25. The lowest BCUT2D eigenvalue weighted by molar-refractivity contribution is -0.119. The third kappa shape index (κ3) is 4.38. The van der Waals surface area contributed by atoms with Crippen molar-refractivity contribution in [1.82, 2.24) is 4.90 Å². The second-order valence-electron chi connectivity index (χ2n) is 8.69. The first-order valence-electron chi connectivity index (χ1n) is 11.5. The van der Waals surface area contributed by atoms with E-state index in [-0.39, 0.29) is 17.4 Å². The number of anilines is 2. The first-order chi connectivity index (χ1) is 16.5. The molecule has 0 atom stereocenters. The fraction of sp³-hybridized carbons (Fsp3) is 0.259. The lowest BCUT2D eigenvalue weighted by Gasteiger charge is -2.37. The second-order valence-corrected chi connectivity index (χ2v) is 8.69. The van der Waals surface area contributed by atoms with E-state index >= 15 is 0 Å². The van der Waals surface area contributed by atoms with E-state index in [1.54, 1.807) is 4.90 Å². The Morgan fingerprint density at radius 3 is 2.32 bits per heavy atom. The number of carbonyl (C=O) groups is 2. The summed E-state index contributed by atoms with van der Waals surface area (Å²) >= 11 is 0. The van der Waals surface area contributed by atoms with Crippen molar-refractivity contribution in [3.8, 4) is 0 Å². The van der Waals surface area contributed by atoms with Crippen molar-refractivity contribution in [2.45, 2.75) is 19.4 Å². The van der Waals surface area contributed by atoms with Crippen molar-refractivity contribution in [3.63, 3.8) is 0 Å². The molecule has 1 saturated heterocycles. The highest BCUT2D eigenvalue weighted by molar-refractivity contribution is 5.97. The maximum absolute atomic E-state index is 13.5. The standard InChI is InChI=1S/C27H25F2N3O2/c28-23-9-6-21(17-24(23)29)27(34)31-14-12-30(13-15-31)22-8-10-25-20(16-22)7-11-26(33)32(25)18-19-4-2-1-3-5-19/h1-6,8-10,16-17H,7,11-15,18H2. The molecule has 0 N–H and O–H groups in total. The quantitative estimate of drug-likeness (QED) is 0.578. The Morgan fingerprint density at radius 1 is 0.824 bits per heavy atom. The molecule has 1 fully saturated rings. The largest absolute Gasteiger partial charge is 0.368 e. The molecule has 2 aliphatic rings. The summed E-state index contributed by atoms with van der Waals surface area (Å²) in [7, 11) is 0. The van der Waals surface area contributed by atoms with E-state index in [1.165, 1.54) is 6.07 Å². The van der Waals surface area contributed by atoms with Crippen LogP contribution in [0.1, 0.15) is 27.9 Å². The van der Waals surface area contributed by atoms with Gasteiger partial charge in [0.05, 0.1) is 6.54 Å². The molecule has 0 spiro atoms. The van der Waals surface area contributed by atoms with Crippen LogP contribution in [-0.2, 0) is 17.8 Å². The maximum atomic E-state index is 13.5. The zero-order valence-electron chi connectivity index (χ0n) is 18.7. The highest BCUT2D eigenvalue weighted by Crippen LogP contribution is 2.33. The van der Waals surface area contributed by atoms with Gasteiger partial charge in [-0.1, -0.05) is 30.3 Å². The van der Waals surface area contributed by atoms with E-state index in [0.29, 0.717) is 45.6 Å². The van der Waals surface area contributed by atoms with Crippen LogP contribution in [0.2, 0.25) is 0 Å². The monoisotopic (exact) mass is 461 g/mol. The Kier molecular flexibility index (Phi) is 6.01. The van der Waals surface area contributed by atoms with Crippen molar-refractivity contribution >= 4 is 23.2 Å². The summed E-state index contributed by atoms with van der Waals surface area (Å²) in [5.74, 6) is -2.14. The van der Waals surface area contributed by atoms with Crippen LogP contribution < -0.4 is 9.80 Å². The van der Waals surface area contributed by atoms with Crippen LogP contribution in [0.15, 0.2) is 66.7 Å². The van der Waals surface area contributed by atoms with Gasteiger partial charge in [0.15, 0.2) is 11.6 Å². The van der Waals surface area contributed by atoms with Gasteiger partial charge in [-0.3, -0.25) is 9.59 Å². The smallest absolute Gasteiger partial charge is 0.254 e. The SMILES string of the molecule is O=C(c1ccc(F)c(F)c1)N1CCN(c2ccc3c(c2)CCC(=O)N3Cc2ccccc2)CC1. The number of rotatable bonds is 4. The van der Waals surface area contributed by atoms with E-state index < -0.39 is 11.6 Å². The van der Waals surface area contributed by atoms with Gasteiger partial charge in [-0.05, 0) is 53.9 Å². The summed E-state index contributed by atoms with van der Waals surface area (Å²) in [4.78, 5) is 31.1. The summed E-state index contributed by atoms with van der Waals surface area (Å²) in [6.45, 7) is 2.82. The molecule has 3 aromatic carbocycles. The fourth-order valence-electron chi connectivity index (χ4n) is 4.66. The molecule has 0 bridgehead atoms. The van der Waals surface area contributed by atoms with Crippen molar-refractivity contribution < 1.29 is 18.4 Å². The van der Waals surface area contributed by atoms with E-state index in [9.17, 15) is 18.4 Å². The molecular weight excluding hydrogens is 436 g/mol. The Labute approximate surface area is 197 Å². The molecule has 3 aromatic rings. The molecule has 0 unspecified atom stereocenters. The lowest BCUT2D eigenvalue weighted by atomic mass is 9.99. The molecule has 2 aliphatic heterocycles. The molecule has 0 radical (unpaired) electrons. The zero-order chi connectivity index (χ0) is 23.7. The minimum atomic E-state index is -1.02. The van der Waals surface area contributed by atoms with Gasteiger partial charge in [0, 0.05) is 49.5 Å². The number of halogens is 2. The normalized spacial score (nSPS) is 15.9. The molecular formula is C27H25F2N3O2. The predicted molar refractivity (Wildman–Crippen MR) is 127 cm³/mol. The first-order valence-corrected chi connectivity index (χ1v) is 11.5. The summed E-state index contributed by atoms with van der Waals surface area (Å²) < 4.78 is 26.7. The molecule has 34 heavy (non-hydrogen) atoms. The van der Waals surface area contributed by atoms with Gasteiger partial charge in [-0.25, -0.2) is 8.78 Å². The van der Waals surface area contributed by atoms with E-state index in [2.05, 4.69) is 11.0 Å². The number of hydrogen-bond acceptors (Lipinski definition) is 3. The van der Waals surface area contributed by atoms with E-state index in [0.717, 1.165) is 34.6 Å². The molecule has 0 aromatic heterocycles. The van der Waals surface area contributed by atoms with Crippen LogP contribution in [0, 0.1) is 11.6 Å². The van der Waals surface area contributed by atoms with Crippen molar-refractivity contribution in [2.24, 2.45) is 0 Å². The third-order valence-electron chi connectivity index (χ3n) is 6.55. The summed E-state index contributed by atoms with van der Waals surface area (Å²) in [5, 5.41) is 0. The Balaban J connectivity index is 1.27. The molecule has 7 heteroatoms. The topological polar surface area (TPSA) is 43.9 Å². The van der Waals surface area contributed by atoms with Crippen LogP contribution >= 0.6 is 0 Å². The Hall–Kier alpha value is -3.74. The lowest BCUT2D eigenvalue weighted by Crippen LogP contribution is -2.48. The van der Waals surface area contributed by atoms with Gasteiger partial charge in [-0.2, -0.15) is 0 Å². The average molecular weight is 462 g/mol. The van der Waals surface area contributed by atoms with Crippen molar-refractivity contribution in [1.29, 1.82) is 0 Å². The van der Waals surface area contributed by atoms with E-state index in [4.69, 9.17) is 0 Å². The average Bonchev–Trinajstić information content (AvgIpc) is 2.87. The number of nitrogens with zero attached hydrogens (tertiary/aromatic N) is 3. The number of carbonyl (C=O) groups excluding carboxylic acids is 2. The van der Waals surface area contributed by atoms with Gasteiger partial charge in [0.2, 0.25) is 5.91 Å². The Morgan fingerprint density at radius 2 is 1.59 bits per heavy atom. The summed E-state index contributed by atoms with van der Waals surface area (Å²) in [6, 6.07) is 19.4. The van der Waals surface area contributed by atoms with Crippen LogP contribution in [0.5, 0.6) is 0 Å². The highest BCUT2D eigenvalue weighted by atomic mass is 19.2. The number of piperazine rings is 1. The van der Waals surface area contributed by atoms with Gasteiger partial charge in [0.25, 0.3) is 5.91 Å². The number of aryl methyl sites for hydroxylation is 1. The van der Waals surface area contributed by atoms with Crippen molar-refractivity contribution in [2.75, 3.05) is 36.0 Å². The molecule has 2 heterocycles. The predicted octanol–water partition coefficient (Wildman–Crippen LogP) is 4.41. The number of benzene rings is 3. The third-order valence-corrected chi connectivity index (χ3v) is 6.55. The minimum absolute atomic E-state index is 0.133. The molecule has 0 saturated carbocycles. The van der Waals surface area contributed by atoms with Gasteiger partial charge < -0.3 is 14.7 Å². The molecule has 5 rings (SSSR count). The number of amides is 2. The van der Waals surface area contributed by atoms with Gasteiger partial charge in [-0.15, -0.1) is 0 Å². The number of fused-ring (bicyclic) bond motifs is 1. The maximum Gasteiger partial charge on any atom is 0.254 e. The van der Waals surface area contributed by atoms with Crippen LogP contribution in [0.25, 0.3) is 0 Å². The zero-order valence-corrected chi connectivity index (χ0v) is 18.7. The van der Waals surface area contributed by atoms with E-state index in [1.807, 2.05) is 47.4 Å². The van der Waals surface area contributed by atoms with Gasteiger partial charge in [0.1, 0.15) is 0 Å². The summed E-state index contributed by atoms with van der Waals surface area (Å²) in [6.07, 6.45) is 1.20. The molecule has 0 aliphatic carbocycles.